The van der Waals surface area contributed by atoms with E-state index in [2.05, 4.69) is 22.8 Å². The van der Waals surface area contributed by atoms with Crippen molar-refractivity contribution in [2.75, 3.05) is 45.9 Å². The summed E-state index contributed by atoms with van der Waals surface area (Å²) < 4.78 is 5.79. The Morgan fingerprint density at radius 2 is 1.83 bits per heavy atom. The zero-order valence-electron chi connectivity index (χ0n) is 14.5. The number of benzene rings is 1. The highest BCUT2D eigenvalue weighted by molar-refractivity contribution is 5.35. The highest BCUT2D eigenvalue weighted by Gasteiger charge is 2.26. The zero-order chi connectivity index (χ0) is 16.2. The van der Waals surface area contributed by atoms with E-state index in [4.69, 9.17) is 4.74 Å². The predicted octanol–water partition coefficient (Wildman–Crippen LogP) is 2.07. The van der Waals surface area contributed by atoms with Gasteiger partial charge in [0, 0.05) is 39.3 Å². The minimum absolute atomic E-state index is 0.367. The number of hydrogen-bond acceptors (Lipinski definition) is 4. The first-order valence-electron chi connectivity index (χ1n) is 8.93. The molecule has 0 aromatic heterocycles. The van der Waals surface area contributed by atoms with Crippen LogP contribution in [0.2, 0.25) is 0 Å². The highest BCUT2D eigenvalue weighted by Crippen LogP contribution is 2.29. The van der Waals surface area contributed by atoms with Gasteiger partial charge < -0.3 is 14.7 Å². The van der Waals surface area contributed by atoms with Crippen LogP contribution < -0.4 is 4.74 Å². The van der Waals surface area contributed by atoms with E-state index in [0.29, 0.717) is 13.2 Å². The van der Waals surface area contributed by atoms with E-state index in [0.717, 1.165) is 43.4 Å². The number of rotatable bonds is 7. The Bertz CT molecular complexity index is 508. The van der Waals surface area contributed by atoms with Gasteiger partial charge in [0.05, 0.1) is 0 Å². The molecule has 1 aliphatic carbocycles. The smallest absolute Gasteiger partial charge is 0.122 e. The Kier molecular flexibility index (Phi) is 5.57. The Balaban J connectivity index is 1.36. The summed E-state index contributed by atoms with van der Waals surface area (Å²) in [5.74, 6) is 1.85. The third-order valence-electron chi connectivity index (χ3n) is 4.91. The Morgan fingerprint density at radius 3 is 2.48 bits per heavy atom. The van der Waals surface area contributed by atoms with E-state index in [1.807, 2.05) is 19.1 Å². The topological polar surface area (TPSA) is 35.9 Å². The average Bonchev–Trinajstić information content (AvgIpc) is 3.32. The van der Waals surface area contributed by atoms with Crippen LogP contribution in [0.25, 0.3) is 0 Å². The summed E-state index contributed by atoms with van der Waals surface area (Å²) in [7, 11) is 0. The molecule has 2 aliphatic rings. The molecule has 4 nitrogen and oxygen atoms in total. The van der Waals surface area contributed by atoms with E-state index >= 15 is 0 Å². The maximum atomic E-state index is 10.2. The maximum Gasteiger partial charge on any atom is 0.122 e. The molecule has 1 saturated carbocycles. The van der Waals surface area contributed by atoms with E-state index < -0.39 is 6.10 Å². The van der Waals surface area contributed by atoms with Crippen LogP contribution in [0.3, 0.4) is 0 Å². The number of nitrogens with zero attached hydrogens (tertiary/aromatic N) is 2. The van der Waals surface area contributed by atoms with Crippen LogP contribution in [0.15, 0.2) is 18.2 Å². The summed E-state index contributed by atoms with van der Waals surface area (Å²) in [6, 6.07) is 6.16. The minimum Gasteiger partial charge on any atom is -0.491 e. The van der Waals surface area contributed by atoms with Gasteiger partial charge in [0.1, 0.15) is 18.5 Å². The fourth-order valence-corrected chi connectivity index (χ4v) is 3.32. The molecule has 4 heteroatoms. The first kappa shape index (κ1) is 16.7. The molecular formula is C19H30N2O2. The Labute approximate surface area is 140 Å². The number of piperazine rings is 1. The van der Waals surface area contributed by atoms with Crippen molar-refractivity contribution in [1.82, 2.24) is 9.80 Å². The van der Waals surface area contributed by atoms with Crippen molar-refractivity contribution in [3.63, 3.8) is 0 Å². The second-order valence-corrected chi connectivity index (χ2v) is 7.28. The SMILES string of the molecule is Cc1ccc(OCC(O)CN2CCN(CC3CC3)CC2)c(C)c1. The summed E-state index contributed by atoms with van der Waals surface area (Å²) in [5, 5.41) is 10.2. The maximum absolute atomic E-state index is 10.2. The molecule has 1 atom stereocenters. The van der Waals surface area contributed by atoms with Crippen molar-refractivity contribution < 1.29 is 9.84 Å². The van der Waals surface area contributed by atoms with Gasteiger partial charge in [-0.3, -0.25) is 4.90 Å². The lowest BCUT2D eigenvalue weighted by atomic mass is 10.1. The number of hydrogen-bond donors (Lipinski definition) is 1. The number of aliphatic hydroxyl groups excluding tert-OH is 1. The molecular weight excluding hydrogens is 288 g/mol. The van der Waals surface area contributed by atoms with Crippen LogP contribution in [0.1, 0.15) is 24.0 Å². The van der Waals surface area contributed by atoms with Gasteiger partial charge in [-0.15, -0.1) is 0 Å². The fraction of sp³-hybridized carbons (Fsp3) is 0.684. The molecule has 1 saturated heterocycles. The van der Waals surface area contributed by atoms with Crippen LogP contribution in [0, 0.1) is 19.8 Å². The molecule has 1 aromatic carbocycles. The van der Waals surface area contributed by atoms with Gasteiger partial charge in [-0.05, 0) is 44.2 Å². The summed E-state index contributed by atoms with van der Waals surface area (Å²) >= 11 is 0. The van der Waals surface area contributed by atoms with Gasteiger partial charge in [-0.25, -0.2) is 0 Å². The minimum atomic E-state index is -0.425. The molecule has 1 aliphatic heterocycles. The van der Waals surface area contributed by atoms with Crippen LogP contribution in [0.5, 0.6) is 5.75 Å². The van der Waals surface area contributed by atoms with Crippen LogP contribution >= 0.6 is 0 Å². The quantitative estimate of drug-likeness (QED) is 0.835. The molecule has 1 aromatic rings. The summed E-state index contributed by atoms with van der Waals surface area (Å²) in [6.07, 6.45) is 2.43. The van der Waals surface area contributed by atoms with Gasteiger partial charge in [-0.1, -0.05) is 17.7 Å². The highest BCUT2D eigenvalue weighted by atomic mass is 16.5. The Hall–Kier alpha value is -1.10. The molecule has 0 spiro atoms. The molecule has 0 radical (unpaired) electrons. The molecule has 23 heavy (non-hydrogen) atoms. The third kappa shape index (κ3) is 5.20. The molecule has 0 bridgehead atoms. The molecule has 3 rings (SSSR count). The molecule has 128 valence electrons. The van der Waals surface area contributed by atoms with Gasteiger partial charge >= 0.3 is 0 Å². The normalized spacial score (nSPS) is 21.3. The van der Waals surface area contributed by atoms with Crippen molar-refractivity contribution in [3.05, 3.63) is 29.3 Å². The van der Waals surface area contributed by atoms with Gasteiger partial charge in [0.15, 0.2) is 0 Å². The predicted molar refractivity (Wildman–Crippen MR) is 93.0 cm³/mol. The fourth-order valence-electron chi connectivity index (χ4n) is 3.32. The number of β-amino-alcohol motifs (C(OH)–C–C–N with tert-alkyl or cyclic N) is 1. The van der Waals surface area contributed by atoms with E-state index in [-0.39, 0.29) is 0 Å². The monoisotopic (exact) mass is 318 g/mol. The van der Waals surface area contributed by atoms with Crippen molar-refractivity contribution in [2.24, 2.45) is 5.92 Å². The van der Waals surface area contributed by atoms with E-state index in [9.17, 15) is 5.11 Å². The van der Waals surface area contributed by atoms with Crippen LogP contribution in [0.4, 0.5) is 0 Å². The van der Waals surface area contributed by atoms with Crippen molar-refractivity contribution in [2.45, 2.75) is 32.8 Å². The number of ether oxygens (including phenoxy) is 1. The standard InChI is InChI=1S/C19H30N2O2/c1-15-3-6-19(16(2)11-15)23-14-18(22)13-21-9-7-20(8-10-21)12-17-4-5-17/h3,6,11,17-18,22H,4-5,7-10,12-14H2,1-2H3. The van der Waals surface area contributed by atoms with Gasteiger partial charge in [-0.2, -0.15) is 0 Å². The molecule has 1 unspecified atom stereocenters. The zero-order valence-corrected chi connectivity index (χ0v) is 14.5. The molecule has 0 amide bonds. The average molecular weight is 318 g/mol. The lowest BCUT2D eigenvalue weighted by Crippen LogP contribution is -2.49. The second-order valence-electron chi connectivity index (χ2n) is 7.28. The number of aliphatic hydroxyl groups is 1. The summed E-state index contributed by atoms with van der Waals surface area (Å²) in [6.45, 7) is 10.9. The molecule has 2 fully saturated rings. The van der Waals surface area contributed by atoms with Gasteiger partial charge in [0.25, 0.3) is 0 Å². The van der Waals surface area contributed by atoms with Crippen LogP contribution in [-0.2, 0) is 0 Å². The first-order chi connectivity index (χ1) is 11.1. The first-order valence-corrected chi connectivity index (χ1v) is 8.93. The summed E-state index contributed by atoms with van der Waals surface area (Å²) in [5.41, 5.74) is 2.37. The van der Waals surface area contributed by atoms with Crippen molar-refractivity contribution >= 4 is 0 Å². The summed E-state index contributed by atoms with van der Waals surface area (Å²) in [4.78, 5) is 4.94. The van der Waals surface area contributed by atoms with Crippen LogP contribution in [-0.4, -0.2) is 66.9 Å². The van der Waals surface area contributed by atoms with Gasteiger partial charge in [0.2, 0.25) is 0 Å². The number of aryl methyl sites for hydroxylation is 2. The largest absolute Gasteiger partial charge is 0.491 e. The van der Waals surface area contributed by atoms with E-state index in [1.165, 1.54) is 24.9 Å². The lowest BCUT2D eigenvalue weighted by Gasteiger charge is -2.35. The molecule has 1 heterocycles. The lowest BCUT2D eigenvalue weighted by molar-refractivity contribution is 0.0451. The molecule has 1 N–H and O–H groups in total. The Morgan fingerprint density at radius 1 is 1.13 bits per heavy atom. The van der Waals surface area contributed by atoms with Crippen molar-refractivity contribution in [1.29, 1.82) is 0 Å². The van der Waals surface area contributed by atoms with E-state index in [1.54, 1.807) is 0 Å². The third-order valence-corrected chi connectivity index (χ3v) is 4.91. The van der Waals surface area contributed by atoms with Crippen molar-refractivity contribution in [3.8, 4) is 5.75 Å². The second kappa shape index (κ2) is 7.65.